The molecular formula is C24H44N6O9. The van der Waals surface area contributed by atoms with Crippen molar-refractivity contribution in [1.82, 2.24) is 21.3 Å². The second-order valence-electron chi connectivity index (χ2n) is 9.19. The summed E-state index contributed by atoms with van der Waals surface area (Å²) in [5.41, 5.74) is 11.0. The lowest BCUT2D eigenvalue weighted by Crippen LogP contribution is -2.57. The van der Waals surface area contributed by atoms with Crippen molar-refractivity contribution in [3.05, 3.63) is 0 Å². The van der Waals surface area contributed by atoms with E-state index in [0.717, 1.165) is 13.3 Å². The van der Waals surface area contributed by atoms with Crippen molar-refractivity contribution in [2.45, 2.75) is 95.3 Å². The predicted octanol–water partition coefficient (Wildman–Crippen LogP) is -1.51. The van der Waals surface area contributed by atoms with Crippen molar-refractivity contribution in [3.63, 3.8) is 0 Å². The molecule has 0 radical (unpaired) electrons. The van der Waals surface area contributed by atoms with Crippen LogP contribution in [0.3, 0.4) is 0 Å². The van der Waals surface area contributed by atoms with Crippen molar-refractivity contribution in [3.8, 4) is 0 Å². The lowest BCUT2D eigenvalue weighted by molar-refractivity contribution is -0.143. The standard InChI is InChI=1S/C22H40N6O7.C2H4O2/c23-11-3-1-6-15(26-19(31)14-8-5-13-25-14)20(32)27-16(9-10-18(29)30)21(33)28-17(22(34)35)7-2-4-12-24;1-2(3)4/h14-17,25H,1-13,23-24H2,(H,26,31)(H,27,32)(H,28,33)(H,29,30)(H,34,35);1H3,(H,3,4)/t14-,15-,16-,17-;/m0./s1. The number of carboxylic acid groups (broad SMARTS) is 3. The second-order valence-corrected chi connectivity index (χ2v) is 9.19. The molecule has 0 aromatic heterocycles. The first-order chi connectivity index (χ1) is 18.4. The molecule has 1 saturated heterocycles. The second kappa shape index (κ2) is 20.6. The smallest absolute Gasteiger partial charge is 0.326 e. The first kappa shape index (κ1) is 35.7. The Morgan fingerprint density at radius 2 is 1.28 bits per heavy atom. The molecule has 0 unspecified atom stereocenters. The molecule has 1 rings (SSSR count). The van der Waals surface area contributed by atoms with E-state index in [1.807, 2.05) is 0 Å². The zero-order chi connectivity index (χ0) is 29.8. The molecule has 1 heterocycles. The van der Waals surface area contributed by atoms with Crippen LogP contribution in [0.5, 0.6) is 0 Å². The highest BCUT2D eigenvalue weighted by atomic mass is 16.4. The molecule has 0 bridgehead atoms. The Kier molecular flexibility index (Phi) is 18.9. The molecule has 1 fully saturated rings. The van der Waals surface area contributed by atoms with Crippen LogP contribution in [0.15, 0.2) is 0 Å². The van der Waals surface area contributed by atoms with E-state index in [2.05, 4.69) is 21.3 Å². The average Bonchev–Trinajstić information content (AvgIpc) is 3.40. The minimum absolute atomic E-state index is 0.143. The molecule has 1 aliphatic rings. The van der Waals surface area contributed by atoms with Crippen LogP contribution in [-0.2, 0) is 28.8 Å². The number of carbonyl (C=O) groups excluding carboxylic acids is 3. The number of unbranched alkanes of at least 4 members (excludes halogenated alkanes) is 2. The van der Waals surface area contributed by atoms with Gasteiger partial charge in [0.15, 0.2) is 0 Å². The van der Waals surface area contributed by atoms with Gasteiger partial charge in [-0.1, -0.05) is 0 Å². The van der Waals surface area contributed by atoms with Crippen LogP contribution in [0.25, 0.3) is 0 Å². The Bertz CT molecular complexity index is 801. The Balaban J connectivity index is 0.00000336. The third-order valence-electron chi connectivity index (χ3n) is 5.80. The maximum Gasteiger partial charge on any atom is 0.326 e. The van der Waals surface area contributed by atoms with E-state index < -0.39 is 60.3 Å². The van der Waals surface area contributed by atoms with Crippen LogP contribution in [0.1, 0.15) is 71.1 Å². The average molecular weight is 561 g/mol. The minimum atomic E-state index is -1.28. The normalized spacial score (nSPS) is 16.5. The van der Waals surface area contributed by atoms with Gasteiger partial charge in [0.05, 0.1) is 6.04 Å². The third-order valence-corrected chi connectivity index (χ3v) is 5.80. The number of nitrogens with one attached hydrogen (secondary N) is 4. The number of amides is 3. The number of nitrogens with two attached hydrogens (primary N) is 2. The lowest BCUT2D eigenvalue weighted by atomic mass is 10.0. The summed E-state index contributed by atoms with van der Waals surface area (Å²) < 4.78 is 0. The van der Waals surface area contributed by atoms with Crippen molar-refractivity contribution >= 4 is 35.6 Å². The first-order valence-corrected chi connectivity index (χ1v) is 13.1. The fourth-order valence-corrected chi connectivity index (χ4v) is 3.77. The Morgan fingerprint density at radius 3 is 1.72 bits per heavy atom. The SMILES string of the molecule is CC(=O)O.NCCCC[C@H](NC(=O)[C@H](CCC(=O)O)NC(=O)[C@H](CCCCN)NC(=O)[C@@H]1CCCN1)C(=O)O. The van der Waals surface area contributed by atoms with E-state index in [1.165, 1.54) is 0 Å². The summed E-state index contributed by atoms with van der Waals surface area (Å²) in [6.07, 6.45) is 3.51. The molecular weight excluding hydrogens is 516 g/mol. The monoisotopic (exact) mass is 560 g/mol. The van der Waals surface area contributed by atoms with E-state index >= 15 is 0 Å². The van der Waals surface area contributed by atoms with E-state index in [-0.39, 0.29) is 25.2 Å². The van der Waals surface area contributed by atoms with E-state index in [0.29, 0.717) is 51.7 Å². The van der Waals surface area contributed by atoms with Gasteiger partial charge in [0.25, 0.3) is 5.97 Å². The highest BCUT2D eigenvalue weighted by molar-refractivity contribution is 5.94. The quantitative estimate of drug-likeness (QED) is 0.0866. The summed E-state index contributed by atoms with van der Waals surface area (Å²) in [6, 6.07) is -3.84. The highest BCUT2D eigenvalue weighted by Gasteiger charge is 2.31. The van der Waals surface area contributed by atoms with Crippen molar-refractivity contribution in [1.29, 1.82) is 0 Å². The van der Waals surface area contributed by atoms with Crippen LogP contribution < -0.4 is 32.7 Å². The summed E-state index contributed by atoms with van der Waals surface area (Å²) in [7, 11) is 0. The fraction of sp³-hybridized carbons (Fsp3) is 0.750. The number of rotatable bonds is 18. The molecule has 0 aromatic rings. The Hall–Kier alpha value is -3.30. The molecule has 0 spiro atoms. The molecule has 224 valence electrons. The van der Waals surface area contributed by atoms with Gasteiger partial charge < -0.3 is 48.1 Å². The summed E-state index contributed by atoms with van der Waals surface area (Å²) in [5.74, 6) is -5.02. The molecule has 3 amide bonds. The molecule has 4 atom stereocenters. The Morgan fingerprint density at radius 1 is 0.795 bits per heavy atom. The number of carboxylic acids is 3. The number of carbonyl (C=O) groups is 6. The third kappa shape index (κ3) is 17.0. The van der Waals surface area contributed by atoms with Gasteiger partial charge in [-0.25, -0.2) is 4.79 Å². The molecule has 39 heavy (non-hydrogen) atoms. The van der Waals surface area contributed by atoms with Crippen molar-refractivity contribution in [2.75, 3.05) is 19.6 Å². The maximum absolute atomic E-state index is 13.0. The number of hydrogen-bond donors (Lipinski definition) is 9. The molecule has 0 saturated carbocycles. The molecule has 15 heteroatoms. The van der Waals surface area contributed by atoms with Crippen molar-refractivity contribution in [2.24, 2.45) is 11.5 Å². The molecule has 0 aliphatic carbocycles. The van der Waals surface area contributed by atoms with Crippen LogP contribution in [0.4, 0.5) is 0 Å². The molecule has 0 aromatic carbocycles. The predicted molar refractivity (Wildman–Crippen MR) is 140 cm³/mol. The first-order valence-electron chi connectivity index (χ1n) is 13.1. The summed E-state index contributed by atoms with van der Waals surface area (Å²) in [6.45, 7) is 2.58. The Labute approximate surface area is 227 Å². The minimum Gasteiger partial charge on any atom is -0.481 e. The van der Waals surface area contributed by atoms with E-state index in [1.54, 1.807) is 0 Å². The lowest BCUT2D eigenvalue weighted by Gasteiger charge is -2.25. The summed E-state index contributed by atoms with van der Waals surface area (Å²) in [4.78, 5) is 70.1. The van der Waals surface area contributed by atoms with Crippen LogP contribution in [0, 0.1) is 0 Å². The van der Waals surface area contributed by atoms with E-state index in [4.69, 9.17) is 26.5 Å². The zero-order valence-corrected chi connectivity index (χ0v) is 22.4. The van der Waals surface area contributed by atoms with Gasteiger partial charge in [-0.15, -0.1) is 0 Å². The molecule has 1 aliphatic heterocycles. The van der Waals surface area contributed by atoms with Gasteiger partial charge in [0, 0.05) is 13.3 Å². The van der Waals surface area contributed by atoms with Crippen LogP contribution >= 0.6 is 0 Å². The highest BCUT2D eigenvalue weighted by Crippen LogP contribution is 2.09. The maximum atomic E-state index is 13.0. The van der Waals surface area contributed by atoms with Gasteiger partial charge in [0.2, 0.25) is 17.7 Å². The van der Waals surface area contributed by atoms with Gasteiger partial charge in [-0.05, 0) is 77.4 Å². The van der Waals surface area contributed by atoms with E-state index in [9.17, 15) is 29.1 Å². The summed E-state index contributed by atoms with van der Waals surface area (Å²) in [5, 5.41) is 36.6. The van der Waals surface area contributed by atoms with Gasteiger partial charge in [0.1, 0.15) is 18.1 Å². The number of aliphatic carboxylic acids is 3. The van der Waals surface area contributed by atoms with Crippen LogP contribution in [-0.4, -0.2) is 94.8 Å². The van der Waals surface area contributed by atoms with Gasteiger partial charge in [-0.2, -0.15) is 0 Å². The largest absolute Gasteiger partial charge is 0.481 e. The van der Waals surface area contributed by atoms with Gasteiger partial charge in [-0.3, -0.25) is 24.0 Å². The molecule has 11 N–H and O–H groups in total. The molecule has 15 nitrogen and oxygen atoms in total. The van der Waals surface area contributed by atoms with Gasteiger partial charge >= 0.3 is 11.9 Å². The summed E-state index contributed by atoms with van der Waals surface area (Å²) >= 11 is 0. The van der Waals surface area contributed by atoms with Crippen LogP contribution in [0.2, 0.25) is 0 Å². The topological polar surface area (TPSA) is 263 Å². The van der Waals surface area contributed by atoms with Crippen molar-refractivity contribution < 1.29 is 44.1 Å². The number of hydrogen-bond acceptors (Lipinski definition) is 9. The zero-order valence-electron chi connectivity index (χ0n) is 22.4. The fourth-order valence-electron chi connectivity index (χ4n) is 3.77.